The number of hydrogen-bond acceptors (Lipinski definition) is 2. The summed E-state index contributed by atoms with van der Waals surface area (Å²) in [4.78, 5) is 0. The van der Waals surface area contributed by atoms with Gasteiger partial charge in [0.2, 0.25) is 0 Å². The van der Waals surface area contributed by atoms with E-state index in [0.29, 0.717) is 5.75 Å². The fourth-order valence-electron chi connectivity index (χ4n) is 1.77. The molecule has 0 atom stereocenters. The summed E-state index contributed by atoms with van der Waals surface area (Å²) < 4.78 is 0. The van der Waals surface area contributed by atoms with Gasteiger partial charge >= 0.3 is 0 Å². The van der Waals surface area contributed by atoms with Crippen molar-refractivity contribution in [3.63, 3.8) is 0 Å². The summed E-state index contributed by atoms with van der Waals surface area (Å²) in [6, 6.07) is 13.6. The smallest absolute Gasteiger partial charge is 0.115 e. The van der Waals surface area contributed by atoms with Crippen LogP contribution in [0.2, 0.25) is 0 Å². The Kier molecular flexibility index (Phi) is 3.33. The molecule has 2 aromatic carbocycles. The van der Waals surface area contributed by atoms with Crippen molar-refractivity contribution in [1.82, 2.24) is 0 Å². The lowest BCUT2D eigenvalue weighted by Gasteiger charge is -2.10. The average molecular weight is 227 g/mol. The Morgan fingerprint density at radius 1 is 1.00 bits per heavy atom. The van der Waals surface area contributed by atoms with Crippen molar-refractivity contribution in [3.8, 4) is 5.75 Å². The molecule has 0 saturated heterocycles. The Labute approximate surface area is 102 Å². The van der Waals surface area contributed by atoms with Gasteiger partial charge < -0.3 is 10.4 Å². The Balaban J connectivity index is 2.07. The van der Waals surface area contributed by atoms with E-state index in [-0.39, 0.29) is 0 Å². The van der Waals surface area contributed by atoms with E-state index in [1.807, 2.05) is 12.1 Å². The maximum atomic E-state index is 9.19. The van der Waals surface area contributed by atoms with Crippen LogP contribution in [-0.2, 0) is 6.54 Å². The minimum absolute atomic E-state index is 0.294. The second-order valence-electron chi connectivity index (χ2n) is 4.33. The molecule has 0 unspecified atom stereocenters. The second-order valence-corrected chi connectivity index (χ2v) is 4.33. The van der Waals surface area contributed by atoms with E-state index in [1.54, 1.807) is 12.1 Å². The van der Waals surface area contributed by atoms with Gasteiger partial charge in [-0.25, -0.2) is 0 Å². The SMILES string of the molecule is Cc1ccc(C)c(CNc2ccc(O)cc2)c1. The molecule has 0 aromatic heterocycles. The third kappa shape index (κ3) is 3.00. The van der Waals surface area contributed by atoms with Crippen molar-refractivity contribution in [2.45, 2.75) is 20.4 Å². The van der Waals surface area contributed by atoms with Gasteiger partial charge in [0, 0.05) is 12.2 Å². The maximum absolute atomic E-state index is 9.19. The monoisotopic (exact) mass is 227 g/mol. The fourth-order valence-corrected chi connectivity index (χ4v) is 1.77. The molecule has 0 heterocycles. The molecule has 2 N–H and O–H groups in total. The fraction of sp³-hybridized carbons (Fsp3) is 0.200. The number of hydrogen-bond donors (Lipinski definition) is 2. The number of nitrogens with one attached hydrogen (secondary N) is 1. The number of phenolic OH excluding ortho intramolecular Hbond substituents is 1. The van der Waals surface area contributed by atoms with Crippen LogP contribution < -0.4 is 5.32 Å². The van der Waals surface area contributed by atoms with E-state index in [2.05, 4.69) is 37.4 Å². The normalized spacial score (nSPS) is 10.2. The van der Waals surface area contributed by atoms with Crippen LogP contribution in [0.5, 0.6) is 5.75 Å². The third-order valence-corrected chi connectivity index (χ3v) is 2.85. The van der Waals surface area contributed by atoms with Crippen LogP contribution >= 0.6 is 0 Å². The van der Waals surface area contributed by atoms with Crippen LogP contribution in [0, 0.1) is 13.8 Å². The van der Waals surface area contributed by atoms with Crippen molar-refractivity contribution in [3.05, 3.63) is 59.2 Å². The molecule has 17 heavy (non-hydrogen) atoms. The summed E-state index contributed by atoms with van der Waals surface area (Å²) in [5, 5.41) is 12.5. The quantitative estimate of drug-likeness (QED) is 0.785. The molecular weight excluding hydrogens is 210 g/mol. The second kappa shape index (κ2) is 4.91. The number of benzene rings is 2. The number of rotatable bonds is 3. The van der Waals surface area contributed by atoms with Crippen molar-refractivity contribution in [2.24, 2.45) is 0 Å². The lowest BCUT2D eigenvalue weighted by molar-refractivity contribution is 0.475. The molecule has 2 rings (SSSR count). The van der Waals surface area contributed by atoms with Gasteiger partial charge in [-0.15, -0.1) is 0 Å². The van der Waals surface area contributed by atoms with Crippen LogP contribution in [0.1, 0.15) is 16.7 Å². The number of anilines is 1. The number of aryl methyl sites for hydroxylation is 2. The molecule has 0 aliphatic carbocycles. The summed E-state index contributed by atoms with van der Waals surface area (Å²) in [6.45, 7) is 5.02. The molecular formula is C15H17NO. The average Bonchev–Trinajstić information content (AvgIpc) is 2.32. The third-order valence-electron chi connectivity index (χ3n) is 2.85. The van der Waals surface area contributed by atoms with E-state index in [1.165, 1.54) is 16.7 Å². The van der Waals surface area contributed by atoms with E-state index in [9.17, 15) is 5.11 Å². The van der Waals surface area contributed by atoms with Crippen molar-refractivity contribution in [2.75, 3.05) is 5.32 Å². The van der Waals surface area contributed by atoms with Gasteiger partial charge in [-0.05, 0) is 49.2 Å². The Morgan fingerprint density at radius 2 is 1.71 bits per heavy atom. The van der Waals surface area contributed by atoms with Crippen LogP contribution in [0.15, 0.2) is 42.5 Å². The largest absolute Gasteiger partial charge is 0.508 e. The topological polar surface area (TPSA) is 32.3 Å². The molecule has 0 aliphatic rings. The van der Waals surface area contributed by atoms with Gasteiger partial charge in [0.1, 0.15) is 5.75 Å². The van der Waals surface area contributed by atoms with Crippen LogP contribution in [0.25, 0.3) is 0 Å². The first-order valence-electron chi connectivity index (χ1n) is 5.74. The van der Waals surface area contributed by atoms with Gasteiger partial charge in [0.15, 0.2) is 0 Å². The predicted molar refractivity (Wildman–Crippen MR) is 71.3 cm³/mol. The van der Waals surface area contributed by atoms with Crippen LogP contribution in [-0.4, -0.2) is 5.11 Å². The summed E-state index contributed by atoms with van der Waals surface area (Å²) >= 11 is 0. The molecule has 0 spiro atoms. The minimum atomic E-state index is 0.294. The van der Waals surface area contributed by atoms with Crippen molar-refractivity contribution in [1.29, 1.82) is 0 Å². The molecule has 0 radical (unpaired) electrons. The molecule has 0 aliphatic heterocycles. The zero-order valence-electron chi connectivity index (χ0n) is 10.2. The minimum Gasteiger partial charge on any atom is -0.508 e. The maximum Gasteiger partial charge on any atom is 0.115 e. The highest BCUT2D eigenvalue weighted by Crippen LogP contribution is 2.16. The Morgan fingerprint density at radius 3 is 2.41 bits per heavy atom. The van der Waals surface area contributed by atoms with Gasteiger partial charge in [-0.3, -0.25) is 0 Å². The predicted octanol–water partition coefficient (Wildman–Crippen LogP) is 3.62. The first-order chi connectivity index (χ1) is 8.15. The number of aromatic hydroxyl groups is 1. The molecule has 0 bridgehead atoms. The summed E-state index contributed by atoms with van der Waals surface area (Å²) in [6.07, 6.45) is 0. The molecule has 0 saturated carbocycles. The first kappa shape index (κ1) is 11.5. The van der Waals surface area contributed by atoms with Crippen LogP contribution in [0.3, 0.4) is 0 Å². The van der Waals surface area contributed by atoms with Gasteiger partial charge in [-0.1, -0.05) is 23.8 Å². The van der Waals surface area contributed by atoms with Gasteiger partial charge in [0.05, 0.1) is 0 Å². The first-order valence-corrected chi connectivity index (χ1v) is 5.74. The van der Waals surface area contributed by atoms with E-state index in [0.717, 1.165) is 12.2 Å². The number of phenols is 1. The molecule has 2 heteroatoms. The van der Waals surface area contributed by atoms with Crippen molar-refractivity contribution >= 4 is 5.69 Å². The molecule has 88 valence electrons. The van der Waals surface area contributed by atoms with Crippen LogP contribution in [0.4, 0.5) is 5.69 Å². The molecule has 2 aromatic rings. The summed E-state index contributed by atoms with van der Waals surface area (Å²) in [5.41, 5.74) is 4.89. The lowest BCUT2D eigenvalue weighted by atomic mass is 10.1. The lowest BCUT2D eigenvalue weighted by Crippen LogP contribution is -2.01. The molecule has 0 fully saturated rings. The molecule has 2 nitrogen and oxygen atoms in total. The Hall–Kier alpha value is -1.96. The summed E-state index contributed by atoms with van der Waals surface area (Å²) in [5.74, 6) is 0.294. The Bertz CT molecular complexity index is 503. The molecule has 0 amide bonds. The highest BCUT2D eigenvalue weighted by atomic mass is 16.3. The summed E-state index contributed by atoms with van der Waals surface area (Å²) in [7, 11) is 0. The van der Waals surface area contributed by atoms with E-state index >= 15 is 0 Å². The zero-order chi connectivity index (χ0) is 12.3. The van der Waals surface area contributed by atoms with Gasteiger partial charge in [-0.2, -0.15) is 0 Å². The van der Waals surface area contributed by atoms with E-state index in [4.69, 9.17) is 0 Å². The van der Waals surface area contributed by atoms with E-state index < -0.39 is 0 Å². The highest BCUT2D eigenvalue weighted by Gasteiger charge is 1.99. The van der Waals surface area contributed by atoms with Gasteiger partial charge in [0.25, 0.3) is 0 Å². The zero-order valence-corrected chi connectivity index (χ0v) is 10.2. The highest BCUT2D eigenvalue weighted by molar-refractivity contribution is 5.47. The van der Waals surface area contributed by atoms with Crippen molar-refractivity contribution < 1.29 is 5.11 Å². The standard InChI is InChI=1S/C15H17NO/c1-11-3-4-12(2)13(9-11)10-16-14-5-7-15(17)8-6-14/h3-9,16-17H,10H2,1-2H3.